The van der Waals surface area contributed by atoms with Crippen LogP contribution in [0.1, 0.15) is 0 Å². The molecule has 0 aliphatic heterocycles. The smallest absolute Gasteiger partial charge is 0.282 e. The van der Waals surface area contributed by atoms with Crippen molar-refractivity contribution in [2.24, 2.45) is 0 Å². The van der Waals surface area contributed by atoms with Gasteiger partial charge in [-0.2, -0.15) is 8.78 Å². The van der Waals surface area contributed by atoms with Gasteiger partial charge in [0.1, 0.15) is 13.2 Å². The Morgan fingerprint density at radius 3 is 2.06 bits per heavy atom. The van der Waals surface area contributed by atoms with Crippen LogP contribution in [0, 0.1) is 24.7 Å². The maximum atomic E-state index is 11.7. The summed E-state index contributed by atoms with van der Waals surface area (Å²) in [6, 6.07) is 0. The molecule has 7 heteroatoms. The maximum absolute atomic E-state index is 11.7. The summed E-state index contributed by atoms with van der Waals surface area (Å²) in [6.45, 7) is -1.32. The molecule has 0 N–H and O–H groups in total. The summed E-state index contributed by atoms with van der Waals surface area (Å²) in [5.41, 5.74) is 0. The second kappa shape index (κ2) is 8.04. The van der Waals surface area contributed by atoms with Gasteiger partial charge in [-0.1, -0.05) is 11.8 Å². The van der Waals surface area contributed by atoms with Crippen molar-refractivity contribution in [3.05, 3.63) is 12.2 Å². The van der Waals surface area contributed by atoms with Crippen molar-refractivity contribution in [1.82, 2.24) is 0 Å². The third kappa shape index (κ3) is 7.17. The number of terminal acetylenes is 2. The molecule has 0 heterocycles. The fourth-order valence-corrected chi connectivity index (χ4v) is 1.48. The van der Waals surface area contributed by atoms with Gasteiger partial charge in [-0.3, -0.25) is 13.6 Å². The SMILES string of the molecule is C#CCOP(=O)(OCC#C)OCC=C(F)F. The molecule has 0 unspecified atom stereocenters. The van der Waals surface area contributed by atoms with Crippen molar-refractivity contribution in [2.45, 2.75) is 0 Å². The quantitative estimate of drug-likeness (QED) is 0.513. The molecule has 0 spiro atoms. The highest BCUT2D eigenvalue weighted by atomic mass is 31.2. The summed E-state index contributed by atoms with van der Waals surface area (Å²) < 4.78 is 48.5. The Morgan fingerprint density at radius 2 is 1.69 bits per heavy atom. The Hall–Kier alpha value is -1.17. The van der Waals surface area contributed by atoms with Gasteiger partial charge >= 0.3 is 7.82 Å². The zero-order valence-electron chi connectivity index (χ0n) is 8.19. The van der Waals surface area contributed by atoms with Gasteiger partial charge in [0.25, 0.3) is 6.08 Å². The number of phosphoric ester groups is 1. The van der Waals surface area contributed by atoms with E-state index in [1.54, 1.807) is 0 Å². The van der Waals surface area contributed by atoms with Gasteiger partial charge in [-0.05, 0) is 0 Å². The lowest BCUT2D eigenvalue weighted by atomic mass is 10.7. The molecule has 0 fully saturated rings. The third-order valence-corrected chi connectivity index (χ3v) is 2.44. The van der Waals surface area contributed by atoms with Gasteiger partial charge in [-0.25, -0.2) is 4.57 Å². The van der Waals surface area contributed by atoms with E-state index in [0.717, 1.165) is 0 Å². The van der Waals surface area contributed by atoms with Crippen LogP contribution < -0.4 is 0 Å². The zero-order chi connectivity index (χ0) is 12.4. The van der Waals surface area contributed by atoms with E-state index in [0.29, 0.717) is 6.08 Å². The minimum absolute atomic E-state index is 0.344. The first-order valence-corrected chi connectivity index (χ1v) is 5.42. The summed E-state index contributed by atoms with van der Waals surface area (Å²) >= 11 is 0. The molecule has 4 nitrogen and oxygen atoms in total. The van der Waals surface area contributed by atoms with Crippen LogP contribution in [0.2, 0.25) is 0 Å². The Balaban J connectivity index is 4.31. The average Bonchev–Trinajstić information content (AvgIpc) is 2.23. The zero-order valence-corrected chi connectivity index (χ0v) is 9.08. The van der Waals surface area contributed by atoms with E-state index in [-0.39, 0.29) is 13.2 Å². The number of rotatable bonds is 7. The molecule has 88 valence electrons. The summed E-state index contributed by atoms with van der Waals surface area (Å²) in [4.78, 5) is 0. The number of hydrogen-bond acceptors (Lipinski definition) is 4. The predicted molar refractivity (Wildman–Crippen MR) is 53.4 cm³/mol. The van der Waals surface area contributed by atoms with E-state index in [4.69, 9.17) is 12.8 Å². The lowest BCUT2D eigenvalue weighted by Crippen LogP contribution is -2.01. The fourth-order valence-electron chi connectivity index (χ4n) is 0.536. The second-order valence-electron chi connectivity index (χ2n) is 2.19. The van der Waals surface area contributed by atoms with E-state index in [1.807, 2.05) is 11.8 Å². The van der Waals surface area contributed by atoms with E-state index in [9.17, 15) is 13.3 Å². The summed E-state index contributed by atoms with van der Waals surface area (Å²) in [5.74, 6) is 4.06. The van der Waals surface area contributed by atoms with Crippen LogP contribution in [0.3, 0.4) is 0 Å². The molecule has 0 saturated carbocycles. The summed E-state index contributed by atoms with van der Waals surface area (Å²) in [5, 5.41) is 0. The summed E-state index contributed by atoms with van der Waals surface area (Å²) in [7, 11) is -3.97. The molecule has 0 aliphatic rings. The van der Waals surface area contributed by atoms with Crippen molar-refractivity contribution in [2.75, 3.05) is 19.8 Å². The van der Waals surface area contributed by atoms with Crippen LogP contribution in [0.5, 0.6) is 0 Å². The molecule has 0 radical (unpaired) electrons. The maximum Gasteiger partial charge on any atom is 0.476 e. The van der Waals surface area contributed by atoms with Crippen LogP contribution in [0.15, 0.2) is 12.2 Å². The first-order chi connectivity index (χ1) is 7.54. The van der Waals surface area contributed by atoms with Crippen LogP contribution in [-0.2, 0) is 18.1 Å². The molecule has 0 aromatic heterocycles. The molecular formula is C9H9F2O4P. The van der Waals surface area contributed by atoms with Crippen LogP contribution in [0.25, 0.3) is 0 Å². The molecule has 16 heavy (non-hydrogen) atoms. The first-order valence-electron chi connectivity index (χ1n) is 3.96. The van der Waals surface area contributed by atoms with Gasteiger partial charge in [0.15, 0.2) is 0 Å². The van der Waals surface area contributed by atoms with Crippen LogP contribution >= 0.6 is 7.82 Å². The molecule has 0 aromatic rings. The van der Waals surface area contributed by atoms with Gasteiger partial charge in [0.05, 0.1) is 6.61 Å². The van der Waals surface area contributed by atoms with Crippen molar-refractivity contribution in [3.8, 4) is 24.7 Å². The number of halogens is 2. The lowest BCUT2D eigenvalue weighted by molar-refractivity contribution is 0.143. The fraction of sp³-hybridized carbons (Fsp3) is 0.333. The van der Waals surface area contributed by atoms with Crippen LogP contribution in [-0.4, -0.2) is 19.8 Å². The predicted octanol–water partition coefficient (Wildman–Crippen LogP) is 2.19. The molecule has 0 rings (SSSR count). The second-order valence-corrected chi connectivity index (χ2v) is 3.86. The molecular weight excluding hydrogens is 241 g/mol. The normalized spacial score (nSPS) is 10.2. The Labute approximate surface area is 92.2 Å². The van der Waals surface area contributed by atoms with E-state index in [1.165, 1.54) is 0 Å². The Morgan fingerprint density at radius 1 is 1.19 bits per heavy atom. The highest BCUT2D eigenvalue weighted by Crippen LogP contribution is 2.49. The largest absolute Gasteiger partial charge is 0.476 e. The molecule has 0 aromatic carbocycles. The molecule has 0 saturated heterocycles. The molecule has 0 amide bonds. The first kappa shape index (κ1) is 14.8. The number of hydrogen-bond donors (Lipinski definition) is 0. The van der Waals surface area contributed by atoms with Gasteiger partial charge in [0.2, 0.25) is 0 Å². The van der Waals surface area contributed by atoms with Gasteiger partial charge in [0, 0.05) is 6.08 Å². The van der Waals surface area contributed by atoms with E-state index < -0.39 is 20.5 Å². The minimum atomic E-state index is -3.97. The summed E-state index contributed by atoms with van der Waals surface area (Å²) in [6.07, 6.45) is 8.16. The van der Waals surface area contributed by atoms with Crippen LogP contribution in [0.4, 0.5) is 8.78 Å². The topological polar surface area (TPSA) is 44.8 Å². The van der Waals surface area contributed by atoms with Crippen molar-refractivity contribution < 1.29 is 26.9 Å². The third-order valence-electron chi connectivity index (χ3n) is 1.08. The Kier molecular flexibility index (Phi) is 7.45. The van der Waals surface area contributed by atoms with Crippen molar-refractivity contribution in [3.63, 3.8) is 0 Å². The molecule has 0 bridgehead atoms. The highest BCUT2D eigenvalue weighted by Gasteiger charge is 2.25. The average molecular weight is 250 g/mol. The van der Waals surface area contributed by atoms with Gasteiger partial charge in [-0.15, -0.1) is 12.8 Å². The monoisotopic (exact) mass is 250 g/mol. The lowest BCUT2D eigenvalue weighted by Gasteiger charge is -2.14. The van der Waals surface area contributed by atoms with E-state index in [2.05, 4.69) is 13.6 Å². The van der Waals surface area contributed by atoms with Crippen molar-refractivity contribution >= 4 is 7.82 Å². The molecule has 0 atom stereocenters. The molecule has 0 aliphatic carbocycles. The standard InChI is InChI=1S/C9H9F2O4P/c1-3-6-13-16(12,14-7-4-2)15-8-5-9(10)11/h1-2,5H,6-8H2. The van der Waals surface area contributed by atoms with Crippen molar-refractivity contribution in [1.29, 1.82) is 0 Å². The van der Waals surface area contributed by atoms with E-state index >= 15 is 0 Å². The number of phosphoric acid groups is 1. The highest BCUT2D eigenvalue weighted by molar-refractivity contribution is 7.48. The minimum Gasteiger partial charge on any atom is -0.282 e. The Bertz CT molecular complexity index is 341. The van der Waals surface area contributed by atoms with Gasteiger partial charge < -0.3 is 0 Å².